The van der Waals surface area contributed by atoms with Gasteiger partial charge in [-0.25, -0.2) is 13.2 Å². The van der Waals surface area contributed by atoms with Gasteiger partial charge >= 0.3 is 10.1 Å². The molecular weight excluding hydrogens is 352 g/mol. The average molecular weight is 357 g/mol. The van der Waals surface area contributed by atoms with Crippen LogP contribution in [0.5, 0.6) is 5.75 Å². The van der Waals surface area contributed by atoms with Gasteiger partial charge in [0.05, 0.1) is 5.02 Å². The summed E-state index contributed by atoms with van der Waals surface area (Å²) in [4.78, 5) is -1.15. The molecule has 0 bridgehead atoms. The second-order valence-electron chi connectivity index (χ2n) is 3.81. The SMILES string of the molecule is O=S(=O)(Oc1ccc(Cl)cc1Cl)c1cc(F)c(F)cc1F. The first kappa shape index (κ1) is 15.9. The Labute approximate surface area is 128 Å². The highest BCUT2D eigenvalue weighted by Crippen LogP contribution is 2.30. The van der Waals surface area contributed by atoms with Gasteiger partial charge in [-0.2, -0.15) is 8.42 Å². The third-order valence-corrected chi connectivity index (χ3v) is 4.12. The van der Waals surface area contributed by atoms with Crippen molar-refractivity contribution in [3.8, 4) is 5.75 Å². The van der Waals surface area contributed by atoms with E-state index in [-0.39, 0.29) is 27.9 Å². The average Bonchev–Trinajstić information content (AvgIpc) is 2.37. The molecule has 0 amide bonds. The van der Waals surface area contributed by atoms with Crippen molar-refractivity contribution in [3.63, 3.8) is 0 Å². The van der Waals surface area contributed by atoms with Crippen molar-refractivity contribution in [2.75, 3.05) is 0 Å². The molecule has 0 unspecified atom stereocenters. The van der Waals surface area contributed by atoms with Gasteiger partial charge in [-0.3, -0.25) is 0 Å². The molecule has 0 fully saturated rings. The van der Waals surface area contributed by atoms with E-state index in [0.717, 1.165) is 6.07 Å². The van der Waals surface area contributed by atoms with E-state index in [0.29, 0.717) is 0 Å². The molecule has 0 heterocycles. The first-order chi connectivity index (χ1) is 9.70. The van der Waals surface area contributed by atoms with Crippen LogP contribution in [0.25, 0.3) is 0 Å². The van der Waals surface area contributed by atoms with Crippen LogP contribution in [-0.4, -0.2) is 8.42 Å². The van der Waals surface area contributed by atoms with Crippen LogP contribution in [0.2, 0.25) is 10.0 Å². The van der Waals surface area contributed by atoms with Crippen LogP contribution in [0.4, 0.5) is 13.2 Å². The van der Waals surface area contributed by atoms with Crippen molar-refractivity contribution in [3.05, 3.63) is 57.8 Å². The highest BCUT2D eigenvalue weighted by Gasteiger charge is 2.25. The summed E-state index contributed by atoms with van der Waals surface area (Å²) in [6.45, 7) is 0. The van der Waals surface area contributed by atoms with Gasteiger partial charge in [0, 0.05) is 17.2 Å². The lowest BCUT2D eigenvalue weighted by atomic mass is 10.3. The molecule has 2 aromatic carbocycles. The molecule has 0 radical (unpaired) electrons. The van der Waals surface area contributed by atoms with E-state index in [9.17, 15) is 21.6 Å². The number of halogens is 5. The maximum absolute atomic E-state index is 13.5. The summed E-state index contributed by atoms with van der Waals surface area (Å²) >= 11 is 11.3. The van der Waals surface area contributed by atoms with E-state index >= 15 is 0 Å². The molecule has 3 nitrogen and oxygen atoms in total. The largest absolute Gasteiger partial charge is 0.377 e. The fourth-order valence-corrected chi connectivity index (χ4v) is 2.91. The first-order valence-corrected chi connectivity index (χ1v) is 7.41. The fraction of sp³-hybridized carbons (Fsp3) is 0. The highest BCUT2D eigenvalue weighted by atomic mass is 35.5. The maximum Gasteiger partial charge on any atom is 0.342 e. The molecule has 0 saturated carbocycles. The Morgan fingerprint density at radius 1 is 0.905 bits per heavy atom. The lowest BCUT2D eigenvalue weighted by Gasteiger charge is -2.09. The quantitative estimate of drug-likeness (QED) is 0.612. The van der Waals surface area contributed by atoms with E-state index in [1.807, 2.05) is 0 Å². The van der Waals surface area contributed by atoms with E-state index < -0.39 is 32.5 Å². The third kappa shape index (κ3) is 3.42. The Hall–Kier alpha value is -1.44. The van der Waals surface area contributed by atoms with Crippen molar-refractivity contribution in [2.45, 2.75) is 4.90 Å². The summed E-state index contributed by atoms with van der Waals surface area (Å²) in [5.41, 5.74) is 0. The minimum atomic E-state index is -4.73. The van der Waals surface area contributed by atoms with Gasteiger partial charge in [-0.1, -0.05) is 23.2 Å². The molecule has 21 heavy (non-hydrogen) atoms. The summed E-state index contributed by atoms with van der Waals surface area (Å²) in [7, 11) is -4.73. The summed E-state index contributed by atoms with van der Waals surface area (Å²) < 4.78 is 67.7. The molecule has 0 aromatic heterocycles. The first-order valence-electron chi connectivity index (χ1n) is 5.25. The zero-order chi connectivity index (χ0) is 15.8. The molecule has 0 N–H and O–H groups in total. The van der Waals surface area contributed by atoms with Crippen LogP contribution in [0.15, 0.2) is 35.2 Å². The summed E-state index contributed by atoms with van der Waals surface area (Å²) in [5, 5.41) is 0.0813. The van der Waals surface area contributed by atoms with Gasteiger partial charge in [-0.15, -0.1) is 0 Å². The topological polar surface area (TPSA) is 43.4 Å². The second-order valence-corrected chi connectivity index (χ2v) is 6.17. The molecule has 0 atom stereocenters. The van der Waals surface area contributed by atoms with Crippen LogP contribution >= 0.6 is 23.2 Å². The van der Waals surface area contributed by atoms with Gasteiger partial charge < -0.3 is 4.18 Å². The van der Waals surface area contributed by atoms with Gasteiger partial charge in [0.25, 0.3) is 0 Å². The van der Waals surface area contributed by atoms with Gasteiger partial charge in [0.2, 0.25) is 0 Å². The smallest absolute Gasteiger partial charge is 0.342 e. The number of rotatable bonds is 3. The maximum atomic E-state index is 13.5. The van der Waals surface area contributed by atoms with Gasteiger partial charge in [0.15, 0.2) is 17.4 Å². The van der Waals surface area contributed by atoms with Crippen LogP contribution < -0.4 is 4.18 Å². The highest BCUT2D eigenvalue weighted by molar-refractivity contribution is 7.87. The molecule has 112 valence electrons. The van der Waals surface area contributed by atoms with E-state index in [2.05, 4.69) is 4.18 Å². The molecule has 2 aromatic rings. The van der Waals surface area contributed by atoms with E-state index in [1.165, 1.54) is 12.1 Å². The van der Waals surface area contributed by atoms with Crippen LogP contribution in [0.1, 0.15) is 0 Å². The minimum absolute atomic E-state index is 0.106. The molecule has 0 aliphatic carbocycles. The standard InChI is InChI=1S/C12H5Cl2F3O3S/c13-6-1-2-11(7(14)3-6)20-21(18,19)12-5-9(16)8(15)4-10(12)17/h1-5H. The van der Waals surface area contributed by atoms with Gasteiger partial charge in [-0.05, 0) is 18.2 Å². The Morgan fingerprint density at radius 3 is 2.14 bits per heavy atom. The molecule has 2 rings (SSSR count). The molecule has 0 aliphatic heterocycles. The monoisotopic (exact) mass is 356 g/mol. The van der Waals surface area contributed by atoms with E-state index in [4.69, 9.17) is 23.2 Å². The Bertz CT molecular complexity index is 810. The molecule has 0 saturated heterocycles. The lowest BCUT2D eigenvalue weighted by Crippen LogP contribution is -2.13. The zero-order valence-electron chi connectivity index (χ0n) is 9.91. The molecular formula is C12H5Cl2F3O3S. The fourth-order valence-electron chi connectivity index (χ4n) is 1.40. The minimum Gasteiger partial charge on any atom is -0.377 e. The Balaban J connectivity index is 2.46. The number of hydrogen-bond donors (Lipinski definition) is 0. The van der Waals surface area contributed by atoms with E-state index in [1.54, 1.807) is 0 Å². The van der Waals surface area contributed by atoms with Crippen molar-refractivity contribution >= 4 is 33.3 Å². The summed E-state index contributed by atoms with van der Waals surface area (Å²) in [6.07, 6.45) is 0. The third-order valence-electron chi connectivity index (χ3n) is 2.34. The number of benzene rings is 2. The van der Waals surface area contributed by atoms with Crippen LogP contribution in [0, 0.1) is 17.5 Å². The van der Waals surface area contributed by atoms with Crippen LogP contribution in [-0.2, 0) is 10.1 Å². The predicted molar refractivity (Wildman–Crippen MR) is 70.6 cm³/mol. The Morgan fingerprint density at radius 2 is 1.52 bits per heavy atom. The van der Waals surface area contributed by atoms with Crippen LogP contribution in [0.3, 0.4) is 0 Å². The summed E-state index contributed by atoms with van der Waals surface area (Å²) in [6, 6.07) is 3.92. The second kappa shape index (κ2) is 5.75. The number of hydrogen-bond acceptors (Lipinski definition) is 3. The van der Waals surface area contributed by atoms with Gasteiger partial charge in [0.1, 0.15) is 10.7 Å². The normalized spacial score (nSPS) is 11.5. The molecule has 0 spiro atoms. The van der Waals surface area contributed by atoms with Crippen molar-refractivity contribution < 1.29 is 25.8 Å². The summed E-state index contributed by atoms with van der Waals surface area (Å²) in [5.74, 6) is -4.86. The molecule has 0 aliphatic rings. The zero-order valence-corrected chi connectivity index (χ0v) is 12.2. The Kier molecular flexibility index (Phi) is 4.36. The predicted octanol–water partition coefficient (Wildman–Crippen LogP) is 4.18. The van der Waals surface area contributed by atoms with Crippen molar-refractivity contribution in [1.29, 1.82) is 0 Å². The van der Waals surface area contributed by atoms with Crippen molar-refractivity contribution in [2.24, 2.45) is 0 Å². The molecule has 9 heteroatoms. The lowest BCUT2D eigenvalue weighted by molar-refractivity contribution is 0.460. The van der Waals surface area contributed by atoms with Crippen molar-refractivity contribution in [1.82, 2.24) is 0 Å².